The Morgan fingerprint density at radius 2 is 1.86 bits per heavy atom. The molecule has 1 aromatic carbocycles. The molecule has 2 aromatic rings. The Kier molecular flexibility index (Phi) is 3.46. The molecule has 1 aliphatic carbocycles. The first-order valence-electron chi connectivity index (χ1n) is 7.57. The minimum Gasteiger partial charge on any atom is -0.324 e. The van der Waals surface area contributed by atoms with E-state index in [0.29, 0.717) is 11.6 Å². The van der Waals surface area contributed by atoms with E-state index < -0.39 is 0 Å². The van der Waals surface area contributed by atoms with E-state index in [1.165, 1.54) is 11.1 Å². The molecule has 1 saturated carbocycles. The molecule has 0 aliphatic heterocycles. The number of aryl methyl sites for hydroxylation is 2. The molecule has 0 spiro atoms. The largest absolute Gasteiger partial charge is 0.324 e. The van der Waals surface area contributed by atoms with Crippen LogP contribution in [0.4, 0.5) is 0 Å². The van der Waals surface area contributed by atoms with Crippen molar-refractivity contribution in [2.45, 2.75) is 45.7 Å². The molecule has 3 nitrogen and oxygen atoms in total. The van der Waals surface area contributed by atoms with Crippen LogP contribution in [0.1, 0.15) is 48.5 Å². The highest BCUT2D eigenvalue weighted by Gasteiger charge is 2.28. The van der Waals surface area contributed by atoms with E-state index in [2.05, 4.69) is 32.0 Å². The molecule has 0 radical (unpaired) electrons. The normalized spacial score (nSPS) is 16.0. The quantitative estimate of drug-likeness (QED) is 0.936. The minimum absolute atomic E-state index is 0.0724. The average Bonchev–Trinajstić information content (AvgIpc) is 3.25. The predicted molar refractivity (Wildman–Crippen MR) is 86.5 cm³/mol. The Labute approximate surface area is 125 Å². The van der Waals surface area contributed by atoms with Gasteiger partial charge >= 0.3 is 0 Å². The summed E-state index contributed by atoms with van der Waals surface area (Å²) in [6.45, 7) is 6.07. The van der Waals surface area contributed by atoms with Crippen LogP contribution >= 0.6 is 0 Å². The number of nitrogens with zero attached hydrogens (tertiary/aromatic N) is 1. The predicted octanol–water partition coefficient (Wildman–Crippen LogP) is 3.49. The molecule has 21 heavy (non-hydrogen) atoms. The molecule has 1 aliphatic rings. The summed E-state index contributed by atoms with van der Waals surface area (Å²) in [7, 11) is 0. The molecule has 1 unspecified atom stereocenters. The molecular weight excluding hydrogens is 260 g/mol. The summed E-state index contributed by atoms with van der Waals surface area (Å²) in [4.78, 5) is 12.7. The lowest BCUT2D eigenvalue weighted by atomic mass is 10.0. The molecule has 1 aromatic heterocycles. The van der Waals surface area contributed by atoms with Crippen LogP contribution in [0.5, 0.6) is 0 Å². The minimum atomic E-state index is -0.226. The lowest BCUT2D eigenvalue weighted by Crippen LogP contribution is -2.27. The number of aromatic nitrogens is 1. The van der Waals surface area contributed by atoms with Gasteiger partial charge in [-0.3, -0.25) is 4.79 Å². The third-order valence-corrected chi connectivity index (χ3v) is 4.35. The van der Waals surface area contributed by atoms with E-state index in [0.717, 1.165) is 24.1 Å². The zero-order valence-corrected chi connectivity index (χ0v) is 12.9. The maximum atomic E-state index is 12.7. The van der Waals surface area contributed by atoms with E-state index in [9.17, 15) is 4.79 Å². The lowest BCUT2D eigenvalue weighted by molar-refractivity contribution is 0.684. The fourth-order valence-corrected chi connectivity index (χ4v) is 2.75. The van der Waals surface area contributed by atoms with Gasteiger partial charge in [-0.25, -0.2) is 0 Å². The number of rotatable bonds is 3. The van der Waals surface area contributed by atoms with Crippen LogP contribution in [0.3, 0.4) is 0 Å². The fourth-order valence-electron chi connectivity index (χ4n) is 2.75. The van der Waals surface area contributed by atoms with Gasteiger partial charge in [-0.2, -0.15) is 0 Å². The Bertz CT molecular complexity index is 739. The molecule has 0 amide bonds. The highest BCUT2D eigenvalue weighted by molar-refractivity contribution is 5.62. The summed E-state index contributed by atoms with van der Waals surface area (Å²) in [5, 5.41) is 0. The summed E-state index contributed by atoms with van der Waals surface area (Å²) in [5.74, 6) is 0. The van der Waals surface area contributed by atoms with Crippen molar-refractivity contribution in [2.24, 2.45) is 5.73 Å². The van der Waals surface area contributed by atoms with Crippen LogP contribution in [0.2, 0.25) is 0 Å². The van der Waals surface area contributed by atoms with E-state index in [4.69, 9.17) is 5.73 Å². The summed E-state index contributed by atoms with van der Waals surface area (Å²) >= 11 is 0. The fraction of sp³-hybridized carbons (Fsp3) is 0.389. The molecule has 1 heterocycles. The first-order chi connectivity index (χ1) is 9.99. The summed E-state index contributed by atoms with van der Waals surface area (Å²) in [6, 6.07) is 10.4. The average molecular weight is 282 g/mol. The standard InChI is InChI=1S/C18H22N2O/c1-11-4-5-14(10-12(11)2)17-9-8-16(13(3)19)18(21)20(17)15-6-7-15/h4-5,8-10,13,15H,6-7,19H2,1-3H3. The van der Waals surface area contributed by atoms with Gasteiger partial charge in [0.05, 0.1) is 5.69 Å². The van der Waals surface area contributed by atoms with Gasteiger partial charge in [0.2, 0.25) is 0 Å². The second kappa shape index (κ2) is 5.15. The van der Waals surface area contributed by atoms with Gasteiger partial charge in [0.25, 0.3) is 5.56 Å². The Balaban J connectivity index is 2.20. The highest BCUT2D eigenvalue weighted by Crippen LogP contribution is 2.37. The van der Waals surface area contributed by atoms with Crippen LogP contribution in [0.15, 0.2) is 35.1 Å². The molecule has 0 saturated heterocycles. The van der Waals surface area contributed by atoms with Crippen molar-refractivity contribution in [3.05, 3.63) is 57.4 Å². The van der Waals surface area contributed by atoms with E-state index in [-0.39, 0.29) is 11.6 Å². The Hall–Kier alpha value is -1.87. The topological polar surface area (TPSA) is 48.0 Å². The van der Waals surface area contributed by atoms with E-state index >= 15 is 0 Å². The Morgan fingerprint density at radius 1 is 1.14 bits per heavy atom. The summed E-state index contributed by atoms with van der Waals surface area (Å²) in [6.07, 6.45) is 2.17. The number of pyridine rings is 1. The van der Waals surface area contributed by atoms with Crippen LogP contribution in [0, 0.1) is 13.8 Å². The molecule has 3 rings (SSSR count). The zero-order valence-electron chi connectivity index (χ0n) is 12.9. The maximum Gasteiger partial charge on any atom is 0.256 e. The summed E-state index contributed by atoms with van der Waals surface area (Å²) < 4.78 is 1.95. The van der Waals surface area contributed by atoms with Crippen LogP contribution in [-0.2, 0) is 0 Å². The Morgan fingerprint density at radius 3 is 2.43 bits per heavy atom. The van der Waals surface area contributed by atoms with Crippen LogP contribution in [0.25, 0.3) is 11.3 Å². The monoisotopic (exact) mass is 282 g/mol. The lowest BCUT2D eigenvalue weighted by Gasteiger charge is -2.16. The number of nitrogens with two attached hydrogens (primary N) is 1. The number of hydrogen-bond donors (Lipinski definition) is 1. The number of benzene rings is 1. The first kappa shape index (κ1) is 14.1. The van der Waals surface area contributed by atoms with Crippen molar-refractivity contribution in [3.63, 3.8) is 0 Å². The van der Waals surface area contributed by atoms with Gasteiger partial charge in [0, 0.05) is 17.6 Å². The van der Waals surface area contributed by atoms with Gasteiger partial charge < -0.3 is 10.3 Å². The summed E-state index contributed by atoms with van der Waals surface area (Å²) in [5.41, 5.74) is 11.3. The number of hydrogen-bond acceptors (Lipinski definition) is 2. The zero-order chi connectivity index (χ0) is 15.1. The molecule has 110 valence electrons. The maximum absolute atomic E-state index is 12.7. The van der Waals surface area contributed by atoms with Crippen molar-refractivity contribution in [2.75, 3.05) is 0 Å². The van der Waals surface area contributed by atoms with Gasteiger partial charge in [0.1, 0.15) is 0 Å². The van der Waals surface area contributed by atoms with Crippen molar-refractivity contribution in [3.8, 4) is 11.3 Å². The van der Waals surface area contributed by atoms with Gasteiger partial charge in [0.15, 0.2) is 0 Å². The molecule has 1 atom stereocenters. The second-order valence-corrected chi connectivity index (χ2v) is 6.17. The van der Waals surface area contributed by atoms with Crippen molar-refractivity contribution >= 4 is 0 Å². The van der Waals surface area contributed by atoms with Crippen LogP contribution in [-0.4, -0.2) is 4.57 Å². The van der Waals surface area contributed by atoms with Gasteiger partial charge in [-0.05, 0) is 68.5 Å². The van der Waals surface area contributed by atoms with Crippen molar-refractivity contribution in [1.29, 1.82) is 0 Å². The smallest absolute Gasteiger partial charge is 0.256 e. The third kappa shape index (κ3) is 2.54. The first-order valence-corrected chi connectivity index (χ1v) is 7.57. The molecule has 0 bridgehead atoms. The highest BCUT2D eigenvalue weighted by atomic mass is 16.1. The molecular formula is C18H22N2O. The third-order valence-electron chi connectivity index (χ3n) is 4.35. The SMILES string of the molecule is Cc1ccc(-c2ccc(C(C)N)c(=O)n2C2CC2)cc1C. The van der Waals surface area contributed by atoms with Crippen molar-refractivity contribution < 1.29 is 0 Å². The van der Waals surface area contributed by atoms with Gasteiger partial charge in [-0.15, -0.1) is 0 Å². The van der Waals surface area contributed by atoms with Gasteiger partial charge in [-0.1, -0.05) is 12.1 Å². The van der Waals surface area contributed by atoms with Crippen LogP contribution < -0.4 is 11.3 Å². The second-order valence-electron chi connectivity index (χ2n) is 6.17. The molecule has 2 N–H and O–H groups in total. The van der Waals surface area contributed by atoms with Crippen molar-refractivity contribution in [1.82, 2.24) is 4.57 Å². The van der Waals surface area contributed by atoms with E-state index in [1.54, 1.807) is 0 Å². The van der Waals surface area contributed by atoms with E-state index in [1.807, 2.05) is 23.6 Å². The molecule has 1 fully saturated rings. The molecule has 3 heteroatoms.